The summed E-state index contributed by atoms with van der Waals surface area (Å²) in [7, 11) is 0. The molecule has 3 N–H and O–H groups in total. The van der Waals surface area contributed by atoms with Crippen LogP contribution in [-0.2, 0) is 0 Å². The molecule has 0 atom stereocenters. The Morgan fingerprint density at radius 3 is 2.62 bits per heavy atom. The van der Waals surface area contributed by atoms with Gasteiger partial charge in [-0.05, 0) is 43.2 Å². The van der Waals surface area contributed by atoms with Crippen LogP contribution in [0.15, 0.2) is 42.5 Å². The fourth-order valence-electron chi connectivity index (χ4n) is 4.33. The summed E-state index contributed by atoms with van der Waals surface area (Å²) in [4.78, 5) is 13.3. The molecule has 32 heavy (non-hydrogen) atoms. The van der Waals surface area contributed by atoms with Crippen LogP contribution in [0.4, 0.5) is 17.6 Å². The summed E-state index contributed by atoms with van der Waals surface area (Å²) in [5.74, 6) is 3.34. The van der Waals surface area contributed by atoms with Crippen LogP contribution in [0.25, 0.3) is 20.7 Å². The van der Waals surface area contributed by atoms with Gasteiger partial charge in [0.05, 0.1) is 10.2 Å². The molecule has 0 bridgehead atoms. The van der Waals surface area contributed by atoms with Crippen molar-refractivity contribution in [2.24, 2.45) is 5.92 Å². The van der Waals surface area contributed by atoms with Crippen LogP contribution < -0.4 is 10.2 Å². The number of aliphatic hydroxyl groups is 1. The second kappa shape index (κ2) is 8.18. The second-order valence-corrected chi connectivity index (χ2v) is 9.84. The van der Waals surface area contributed by atoms with Crippen molar-refractivity contribution in [2.45, 2.75) is 31.6 Å². The highest BCUT2D eigenvalue weighted by atomic mass is 32.1. The van der Waals surface area contributed by atoms with Gasteiger partial charge in [-0.3, -0.25) is 5.10 Å². The molecule has 164 valence electrons. The number of aliphatic hydroxyl groups excluding tert-OH is 1. The van der Waals surface area contributed by atoms with E-state index < -0.39 is 0 Å². The van der Waals surface area contributed by atoms with Crippen molar-refractivity contribution < 1.29 is 5.11 Å². The molecule has 6 rings (SSSR count). The van der Waals surface area contributed by atoms with Crippen LogP contribution in [0.3, 0.4) is 0 Å². The van der Waals surface area contributed by atoms with E-state index in [2.05, 4.69) is 56.8 Å². The Bertz CT molecular complexity index is 1220. The van der Waals surface area contributed by atoms with E-state index in [4.69, 9.17) is 9.97 Å². The zero-order chi connectivity index (χ0) is 21.5. The first-order chi connectivity index (χ1) is 15.8. The van der Waals surface area contributed by atoms with Crippen molar-refractivity contribution in [3.8, 4) is 10.4 Å². The SMILES string of the molecule is OCC1CCN(c2nc(Nc3cc(C4CC4)[nH]n3)c3sc(-c4ccccc4)cc3n2)CC1. The molecular weight excluding hydrogens is 420 g/mol. The van der Waals surface area contributed by atoms with Crippen LogP contribution in [0.5, 0.6) is 0 Å². The van der Waals surface area contributed by atoms with Gasteiger partial charge in [-0.15, -0.1) is 11.3 Å². The molecule has 0 unspecified atom stereocenters. The maximum atomic E-state index is 9.49. The quantitative estimate of drug-likeness (QED) is 0.390. The third-order valence-electron chi connectivity index (χ3n) is 6.44. The second-order valence-electron chi connectivity index (χ2n) is 8.78. The molecule has 3 aromatic heterocycles. The minimum absolute atomic E-state index is 0.258. The van der Waals surface area contributed by atoms with E-state index in [0.29, 0.717) is 11.8 Å². The Morgan fingerprint density at radius 2 is 1.88 bits per heavy atom. The number of H-pyrrole nitrogens is 1. The molecule has 1 aliphatic carbocycles. The molecule has 1 saturated heterocycles. The summed E-state index contributed by atoms with van der Waals surface area (Å²) >= 11 is 1.70. The number of nitrogens with zero attached hydrogens (tertiary/aromatic N) is 4. The van der Waals surface area contributed by atoms with E-state index in [9.17, 15) is 5.11 Å². The van der Waals surface area contributed by atoms with Gasteiger partial charge in [0, 0.05) is 42.3 Å². The summed E-state index contributed by atoms with van der Waals surface area (Å²) in [6.07, 6.45) is 4.39. The summed E-state index contributed by atoms with van der Waals surface area (Å²) in [5.41, 5.74) is 3.33. The maximum absolute atomic E-state index is 9.49. The monoisotopic (exact) mass is 446 g/mol. The van der Waals surface area contributed by atoms with E-state index >= 15 is 0 Å². The number of anilines is 3. The van der Waals surface area contributed by atoms with Gasteiger partial charge in [-0.2, -0.15) is 10.1 Å². The average Bonchev–Trinajstić information content (AvgIpc) is 3.43. The van der Waals surface area contributed by atoms with Crippen LogP contribution in [0, 0.1) is 5.92 Å². The highest BCUT2D eigenvalue weighted by molar-refractivity contribution is 7.22. The van der Waals surface area contributed by atoms with Gasteiger partial charge in [0.1, 0.15) is 0 Å². The van der Waals surface area contributed by atoms with Crippen molar-refractivity contribution in [1.29, 1.82) is 0 Å². The number of aromatic amines is 1. The lowest BCUT2D eigenvalue weighted by molar-refractivity contribution is 0.202. The standard InChI is InChI=1S/C24H26N6OS/c31-14-15-8-10-30(11-9-15)24-25-19-12-20(17-4-2-1-3-5-17)32-22(19)23(27-24)26-21-13-18(28-29-21)16-6-7-16/h1-5,12-13,15-16,31H,6-11,14H2,(H2,25,26,27,28,29). The third-order valence-corrected chi connectivity index (χ3v) is 7.62. The number of hydrogen-bond donors (Lipinski definition) is 3. The number of nitrogens with one attached hydrogen (secondary N) is 2. The van der Waals surface area contributed by atoms with Gasteiger partial charge >= 0.3 is 0 Å². The normalized spacial score (nSPS) is 17.2. The minimum atomic E-state index is 0.258. The number of hydrogen-bond acceptors (Lipinski definition) is 7. The van der Waals surface area contributed by atoms with E-state index in [1.54, 1.807) is 11.3 Å². The topological polar surface area (TPSA) is 90.0 Å². The van der Waals surface area contributed by atoms with E-state index in [-0.39, 0.29) is 6.61 Å². The van der Waals surface area contributed by atoms with Gasteiger partial charge in [-0.25, -0.2) is 4.98 Å². The smallest absolute Gasteiger partial charge is 0.227 e. The molecule has 0 amide bonds. The number of benzene rings is 1. The number of piperidine rings is 1. The average molecular weight is 447 g/mol. The lowest BCUT2D eigenvalue weighted by Gasteiger charge is -2.31. The largest absolute Gasteiger partial charge is 0.396 e. The first-order valence-corrected chi connectivity index (χ1v) is 12.1. The summed E-state index contributed by atoms with van der Waals surface area (Å²) in [5, 5.41) is 20.6. The van der Waals surface area contributed by atoms with Crippen molar-refractivity contribution in [2.75, 3.05) is 29.9 Å². The van der Waals surface area contributed by atoms with E-state index in [1.165, 1.54) is 29.0 Å². The number of aromatic nitrogens is 4. The molecule has 4 heterocycles. The highest BCUT2D eigenvalue weighted by Gasteiger charge is 2.26. The van der Waals surface area contributed by atoms with Gasteiger partial charge in [-0.1, -0.05) is 30.3 Å². The van der Waals surface area contributed by atoms with Crippen LogP contribution in [0.2, 0.25) is 0 Å². The Hall–Kier alpha value is -2.97. The Morgan fingerprint density at radius 1 is 1.06 bits per heavy atom. The van der Waals surface area contributed by atoms with Crippen molar-refractivity contribution in [3.63, 3.8) is 0 Å². The van der Waals surface area contributed by atoms with Crippen LogP contribution in [0.1, 0.15) is 37.3 Å². The Labute approximate surface area is 190 Å². The zero-order valence-corrected chi connectivity index (χ0v) is 18.6. The Balaban J connectivity index is 1.38. The summed E-state index contributed by atoms with van der Waals surface area (Å²) in [6, 6.07) is 14.7. The van der Waals surface area contributed by atoms with Gasteiger partial charge in [0.15, 0.2) is 11.6 Å². The molecule has 7 nitrogen and oxygen atoms in total. The minimum Gasteiger partial charge on any atom is -0.396 e. The molecule has 0 radical (unpaired) electrons. The molecule has 0 spiro atoms. The van der Waals surface area contributed by atoms with Crippen LogP contribution in [-0.4, -0.2) is 45.0 Å². The fraction of sp³-hybridized carbons (Fsp3) is 0.375. The van der Waals surface area contributed by atoms with Crippen LogP contribution >= 0.6 is 11.3 Å². The molecule has 2 fully saturated rings. The van der Waals surface area contributed by atoms with Crippen molar-refractivity contribution in [1.82, 2.24) is 20.2 Å². The fourth-order valence-corrected chi connectivity index (χ4v) is 5.38. The van der Waals surface area contributed by atoms with Crippen molar-refractivity contribution in [3.05, 3.63) is 48.2 Å². The lowest BCUT2D eigenvalue weighted by atomic mass is 9.98. The summed E-state index contributed by atoms with van der Waals surface area (Å²) in [6.45, 7) is 1.98. The molecule has 8 heteroatoms. The lowest BCUT2D eigenvalue weighted by Crippen LogP contribution is -2.35. The van der Waals surface area contributed by atoms with Gasteiger partial charge in [0.2, 0.25) is 5.95 Å². The summed E-state index contributed by atoms with van der Waals surface area (Å²) < 4.78 is 1.04. The van der Waals surface area contributed by atoms with Gasteiger partial charge in [0.25, 0.3) is 0 Å². The van der Waals surface area contributed by atoms with E-state index in [1.807, 2.05) is 6.07 Å². The predicted molar refractivity (Wildman–Crippen MR) is 129 cm³/mol. The number of fused-ring (bicyclic) bond motifs is 1. The molecule has 1 saturated carbocycles. The molecule has 1 aliphatic heterocycles. The highest BCUT2D eigenvalue weighted by Crippen LogP contribution is 2.41. The Kier molecular flexibility index (Phi) is 5.04. The zero-order valence-electron chi connectivity index (χ0n) is 17.8. The predicted octanol–water partition coefficient (Wildman–Crippen LogP) is 4.91. The van der Waals surface area contributed by atoms with E-state index in [0.717, 1.165) is 53.7 Å². The first-order valence-electron chi connectivity index (χ1n) is 11.3. The van der Waals surface area contributed by atoms with Crippen molar-refractivity contribution >= 4 is 39.1 Å². The molecule has 1 aromatic carbocycles. The molecule has 2 aliphatic rings. The maximum Gasteiger partial charge on any atom is 0.227 e. The third kappa shape index (κ3) is 3.84. The number of thiophene rings is 1. The number of rotatable bonds is 6. The van der Waals surface area contributed by atoms with Gasteiger partial charge < -0.3 is 15.3 Å². The molecule has 4 aromatic rings. The first kappa shape index (κ1) is 19.7. The molecular formula is C24H26N6OS.